The molecule has 0 N–H and O–H groups in total. The van der Waals surface area contributed by atoms with Gasteiger partial charge in [-0.25, -0.2) is 0 Å². The summed E-state index contributed by atoms with van der Waals surface area (Å²) in [7, 11) is 0. The van der Waals surface area contributed by atoms with Gasteiger partial charge in [0.05, 0.1) is 12.2 Å². The molecule has 2 atom stereocenters. The Hall–Kier alpha value is -0.120. The Morgan fingerprint density at radius 2 is 1.67 bits per heavy atom. The molecule has 2 saturated heterocycles. The summed E-state index contributed by atoms with van der Waals surface area (Å²) in [4.78, 5) is 2.65. The monoisotopic (exact) mass is 253 g/mol. The summed E-state index contributed by atoms with van der Waals surface area (Å²) in [5, 5.41) is 0. The maximum absolute atomic E-state index is 6.22. The molecule has 0 amide bonds. The summed E-state index contributed by atoms with van der Waals surface area (Å²) < 4.78 is 11.6. The van der Waals surface area contributed by atoms with E-state index in [9.17, 15) is 0 Å². The molecule has 0 spiro atoms. The van der Waals surface area contributed by atoms with Crippen LogP contribution in [0.5, 0.6) is 0 Å². The van der Waals surface area contributed by atoms with E-state index in [-0.39, 0.29) is 0 Å². The van der Waals surface area contributed by atoms with Crippen LogP contribution in [0.4, 0.5) is 0 Å². The lowest BCUT2D eigenvalue weighted by Gasteiger charge is -2.35. The van der Waals surface area contributed by atoms with Crippen molar-refractivity contribution in [2.24, 2.45) is 11.8 Å². The Bertz CT molecular complexity index is 257. The molecule has 2 heterocycles. The third-order valence-electron chi connectivity index (χ3n) is 4.86. The molecule has 3 fully saturated rings. The van der Waals surface area contributed by atoms with Gasteiger partial charge >= 0.3 is 0 Å². The quantitative estimate of drug-likeness (QED) is 0.767. The first-order chi connectivity index (χ1) is 8.81. The number of hydrogen-bond acceptors (Lipinski definition) is 3. The Morgan fingerprint density at radius 3 is 2.28 bits per heavy atom. The smallest absolute Gasteiger partial charge is 0.0622 e. The molecule has 104 valence electrons. The molecule has 0 aromatic rings. The molecular formula is C15H27NO2. The van der Waals surface area contributed by atoms with Crippen LogP contribution >= 0.6 is 0 Å². The van der Waals surface area contributed by atoms with E-state index in [0.717, 1.165) is 37.9 Å². The second-order valence-electron chi connectivity index (χ2n) is 6.42. The van der Waals surface area contributed by atoms with Crippen LogP contribution in [0.25, 0.3) is 0 Å². The molecule has 1 aliphatic carbocycles. The van der Waals surface area contributed by atoms with E-state index >= 15 is 0 Å². The Labute approximate surface area is 111 Å². The number of piperidine rings is 1. The topological polar surface area (TPSA) is 21.7 Å². The molecule has 0 aromatic carbocycles. The van der Waals surface area contributed by atoms with E-state index in [1.807, 2.05) is 0 Å². The maximum atomic E-state index is 6.22. The van der Waals surface area contributed by atoms with Gasteiger partial charge in [0.25, 0.3) is 0 Å². The van der Waals surface area contributed by atoms with E-state index in [0.29, 0.717) is 12.2 Å². The molecule has 3 aliphatic rings. The number of nitrogens with zero attached hydrogens (tertiary/aromatic N) is 1. The van der Waals surface area contributed by atoms with Gasteiger partial charge in [-0.05, 0) is 43.9 Å². The van der Waals surface area contributed by atoms with E-state index in [4.69, 9.17) is 9.47 Å². The average molecular weight is 253 g/mol. The maximum Gasteiger partial charge on any atom is 0.0622 e. The van der Waals surface area contributed by atoms with E-state index in [1.54, 1.807) is 0 Å². The summed E-state index contributed by atoms with van der Waals surface area (Å²) in [6, 6.07) is 0. The van der Waals surface area contributed by atoms with Gasteiger partial charge in [0.2, 0.25) is 0 Å². The largest absolute Gasteiger partial charge is 0.381 e. The van der Waals surface area contributed by atoms with Gasteiger partial charge in [-0.3, -0.25) is 0 Å². The number of hydrogen-bond donors (Lipinski definition) is 0. The summed E-state index contributed by atoms with van der Waals surface area (Å²) in [6.07, 6.45) is 7.11. The molecule has 18 heavy (non-hydrogen) atoms. The van der Waals surface area contributed by atoms with Crippen LogP contribution in [-0.4, -0.2) is 50.0 Å². The van der Waals surface area contributed by atoms with Gasteiger partial charge in [-0.15, -0.1) is 0 Å². The minimum Gasteiger partial charge on any atom is -0.381 e. The second kappa shape index (κ2) is 5.89. The molecule has 3 heteroatoms. The fourth-order valence-corrected chi connectivity index (χ4v) is 3.30. The number of likely N-dealkylation sites (tertiary alicyclic amines) is 1. The molecular weight excluding hydrogens is 226 g/mol. The van der Waals surface area contributed by atoms with Crippen molar-refractivity contribution in [3.05, 3.63) is 0 Å². The van der Waals surface area contributed by atoms with Crippen LogP contribution in [0, 0.1) is 11.8 Å². The Morgan fingerprint density at radius 1 is 1.06 bits per heavy atom. The summed E-state index contributed by atoms with van der Waals surface area (Å²) >= 11 is 0. The second-order valence-corrected chi connectivity index (χ2v) is 6.42. The standard InChI is InChI=1S/C15H27NO2/c1-12-10-13(12)11-16-6-2-14(3-7-16)18-15-4-8-17-9-5-15/h12-15H,2-11H2,1H3. The highest BCUT2D eigenvalue weighted by Gasteiger charge is 2.35. The zero-order chi connectivity index (χ0) is 12.4. The van der Waals surface area contributed by atoms with Crippen molar-refractivity contribution in [2.75, 3.05) is 32.8 Å². The average Bonchev–Trinajstić information content (AvgIpc) is 3.09. The van der Waals surface area contributed by atoms with Gasteiger partial charge in [0.1, 0.15) is 0 Å². The molecule has 0 bridgehead atoms. The Kier molecular flexibility index (Phi) is 4.22. The zero-order valence-corrected chi connectivity index (χ0v) is 11.6. The summed E-state index contributed by atoms with van der Waals surface area (Å²) in [6.45, 7) is 8.00. The van der Waals surface area contributed by atoms with Crippen molar-refractivity contribution >= 4 is 0 Å². The van der Waals surface area contributed by atoms with Crippen molar-refractivity contribution in [3.63, 3.8) is 0 Å². The van der Waals surface area contributed by atoms with Crippen LogP contribution in [0.3, 0.4) is 0 Å². The first kappa shape index (κ1) is 12.9. The highest BCUT2D eigenvalue weighted by Crippen LogP contribution is 2.38. The van der Waals surface area contributed by atoms with Gasteiger partial charge in [0, 0.05) is 32.8 Å². The minimum atomic E-state index is 0.471. The first-order valence-corrected chi connectivity index (χ1v) is 7.77. The van der Waals surface area contributed by atoms with Gasteiger partial charge in [-0.1, -0.05) is 6.92 Å². The minimum absolute atomic E-state index is 0.471. The molecule has 3 rings (SSSR count). The van der Waals surface area contributed by atoms with Crippen molar-refractivity contribution in [2.45, 2.75) is 51.2 Å². The van der Waals surface area contributed by atoms with Crippen LogP contribution in [0.2, 0.25) is 0 Å². The fourth-order valence-electron chi connectivity index (χ4n) is 3.30. The van der Waals surface area contributed by atoms with Crippen molar-refractivity contribution in [3.8, 4) is 0 Å². The molecule has 1 saturated carbocycles. The lowest BCUT2D eigenvalue weighted by molar-refractivity contribution is -0.0848. The van der Waals surface area contributed by atoms with E-state index < -0.39 is 0 Å². The number of ether oxygens (including phenoxy) is 2. The predicted octanol–water partition coefficient (Wildman–Crippen LogP) is 2.30. The molecule has 0 radical (unpaired) electrons. The highest BCUT2D eigenvalue weighted by atomic mass is 16.5. The fraction of sp³-hybridized carbons (Fsp3) is 1.00. The third kappa shape index (κ3) is 3.46. The van der Waals surface area contributed by atoms with Crippen LogP contribution in [0.15, 0.2) is 0 Å². The SMILES string of the molecule is CC1CC1CN1CCC(OC2CCOCC2)CC1. The molecule has 2 aliphatic heterocycles. The van der Waals surface area contributed by atoms with Crippen LogP contribution in [0.1, 0.15) is 39.0 Å². The lowest BCUT2D eigenvalue weighted by atomic mass is 10.1. The van der Waals surface area contributed by atoms with Crippen molar-refractivity contribution < 1.29 is 9.47 Å². The normalized spacial score (nSPS) is 35.8. The van der Waals surface area contributed by atoms with Crippen LogP contribution < -0.4 is 0 Å². The molecule has 2 unspecified atom stereocenters. The molecule has 3 nitrogen and oxygen atoms in total. The predicted molar refractivity (Wildman–Crippen MR) is 71.7 cm³/mol. The third-order valence-corrected chi connectivity index (χ3v) is 4.86. The molecule has 0 aromatic heterocycles. The first-order valence-electron chi connectivity index (χ1n) is 7.77. The van der Waals surface area contributed by atoms with E-state index in [1.165, 1.54) is 38.9 Å². The Balaban J connectivity index is 1.34. The van der Waals surface area contributed by atoms with E-state index in [2.05, 4.69) is 11.8 Å². The van der Waals surface area contributed by atoms with Crippen molar-refractivity contribution in [1.29, 1.82) is 0 Å². The number of rotatable bonds is 4. The highest BCUT2D eigenvalue weighted by molar-refractivity contribution is 4.86. The van der Waals surface area contributed by atoms with Gasteiger partial charge in [-0.2, -0.15) is 0 Å². The van der Waals surface area contributed by atoms with Crippen LogP contribution in [-0.2, 0) is 9.47 Å². The summed E-state index contributed by atoms with van der Waals surface area (Å²) in [5.74, 6) is 1.99. The lowest BCUT2D eigenvalue weighted by Crippen LogP contribution is -2.40. The summed E-state index contributed by atoms with van der Waals surface area (Å²) in [5.41, 5.74) is 0. The zero-order valence-electron chi connectivity index (χ0n) is 11.6. The van der Waals surface area contributed by atoms with Gasteiger partial charge < -0.3 is 14.4 Å². The van der Waals surface area contributed by atoms with Crippen molar-refractivity contribution in [1.82, 2.24) is 4.90 Å². The van der Waals surface area contributed by atoms with Gasteiger partial charge in [0.15, 0.2) is 0 Å².